The first-order chi connectivity index (χ1) is 12.8. The fourth-order valence-corrected chi connectivity index (χ4v) is 5.16. The highest BCUT2D eigenvalue weighted by Crippen LogP contribution is 2.37. The number of hydrogen-bond acceptors (Lipinski definition) is 5. The summed E-state index contributed by atoms with van der Waals surface area (Å²) in [4.78, 5) is 0.207. The molecule has 0 unspecified atom stereocenters. The molecule has 27 heavy (non-hydrogen) atoms. The Morgan fingerprint density at radius 2 is 2.07 bits per heavy atom. The van der Waals surface area contributed by atoms with Crippen molar-refractivity contribution in [2.24, 2.45) is 7.05 Å². The van der Waals surface area contributed by atoms with E-state index in [1.165, 1.54) is 0 Å². The number of aryl methyl sites for hydroxylation is 3. The highest BCUT2D eigenvalue weighted by atomic mass is 32.2. The van der Waals surface area contributed by atoms with Gasteiger partial charge in [-0.25, -0.2) is 8.42 Å². The van der Waals surface area contributed by atoms with Crippen molar-refractivity contribution in [1.29, 1.82) is 0 Å². The van der Waals surface area contributed by atoms with E-state index in [2.05, 4.69) is 15.3 Å². The third-order valence-electron chi connectivity index (χ3n) is 5.15. The van der Waals surface area contributed by atoms with Crippen LogP contribution in [-0.2, 0) is 23.6 Å². The molecule has 0 aliphatic heterocycles. The maximum Gasteiger partial charge on any atom is 0.247 e. The van der Waals surface area contributed by atoms with Gasteiger partial charge in [-0.05, 0) is 39.7 Å². The van der Waals surface area contributed by atoms with E-state index in [1.807, 2.05) is 20.9 Å². The summed E-state index contributed by atoms with van der Waals surface area (Å²) in [5.74, 6) is 0.845. The molecule has 0 atom stereocenters. The standard InChI is InChI=1S/C18H23N5O3S/c1-11-15(12(2)22(4)21-11)10-23(14-5-6-14)27(24,25)18-9-17(26-13(18)3)16-7-8-19-20-16/h7-9,14H,5-6,10H2,1-4H3,(H,19,20). The number of aromatic nitrogens is 4. The largest absolute Gasteiger partial charge is 0.458 e. The van der Waals surface area contributed by atoms with Gasteiger partial charge in [0.1, 0.15) is 16.3 Å². The summed E-state index contributed by atoms with van der Waals surface area (Å²) in [6.07, 6.45) is 3.36. The van der Waals surface area contributed by atoms with Crippen LogP contribution in [0.1, 0.15) is 35.6 Å². The lowest BCUT2D eigenvalue weighted by Gasteiger charge is -2.21. The number of furan rings is 1. The molecule has 1 aliphatic carbocycles. The normalized spacial score (nSPS) is 15.0. The van der Waals surface area contributed by atoms with Gasteiger partial charge < -0.3 is 4.42 Å². The van der Waals surface area contributed by atoms with Gasteiger partial charge in [0.15, 0.2) is 5.76 Å². The molecule has 1 aliphatic rings. The molecule has 1 saturated carbocycles. The van der Waals surface area contributed by atoms with Gasteiger partial charge in [0.2, 0.25) is 10.0 Å². The number of H-pyrrole nitrogens is 1. The number of aromatic amines is 1. The zero-order valence-electron chi connectivity index (χ0n) is 15.9. The summed E-state index contributed by atoms with van der Waals surface area (Å²) in [7, 11) is -1.82. The molecule has 9 heteroatoms. The summed E-state index contributed by atoms with van der Waals surface area (Å²) >= 11 is 0. The minimum Gasteiger partial charge on any atom is -0.458 e. The van der Waals surface area contributed by atoms with Gasteiger partial charge in [-0.1, -0.05) is 0 Å². The zero-order valence-corrected chi connectivity index (χ0v) is 16.7. The second kappa shape index (κ2) is 6.35. The van der Waals surface area contributed by atoms with E-state index in [9.17, 15) is 8.42 Å². The molecule has 1 fully saturated rings. The van der Waals surface area contributed by atoms with Crippen LogP contribution < -0.4 is 0 Å². The van der Waals surface area contributed by atoms with E-state index < -0.39 is 10.0 Å². The zero-order chi connectivity index (χ0) is 19.3. The summed E-state index contributed by atoms with van der Waals surface area (Å²) in [5, 5.41) is 11.1. The molecule has 0 spiro atoms. The van der Waals surface area contributed by atoms with Gasteiger partial charge in [-0.3, -0.25) is 9.78 Å². The molecule has 3 aromatic rings. The van der Waals surface area contributed by atoms with E-state index in [4.69, 9.17) is 4.42 Å². The van der Waals surface area contributed by atoms with Gasteiger partial charge in [0, 0.05) is 43.2 Å². The molecule has 4 rings (SSSR count). The minimum absolute atomic E-state index is 0.0268. The predicted molar refractivity (Wildman–Crippen MR) is 99.5 cm³/mol. The molecule has 144 valence electrons. The number of nitrogens with zero attached hydrogens (tertiary/aromatic N) is 4. The smallest absolute Gasteiger partial charge is 0.247 e. The van der Waals surface area contributed by atoms with Crippen LogP contribution in [0.5, 0.6) is 0 Å². The molecule has 1 N–H and O–H groups in total. The SMILES string of the molecule is Cc1nn(C)c(C)c1CN(C1CC1)S(=O)(=O)c1cc(-c2ccn[nH]2)oc1C. The molecule has 0 saturated heterocycles. The van der Waals surface area contributed by atoms with Crippen LogP contribution >= 0.6 is 0 Å². The summed E-state index contributed by atoms with van der Waals surface area (Å²) in [6.45, 7) is 5.88. The van der Waals surface area contributed by atoms with Gasteiger partial charge in [0.05, 0.1) is 5.69 Å². The lowest BCUT2D eigenvalue weighted by atomic mass is 10.2. The Hall–Kier alpha value is -2.39. The molecule has 0 radical (unpaired) electrons. The predicted octanol–water partition coefficient (Wildman–Crippen LogP) is 2.68. The minimum atomic E-state index is -3.69. The lowest BCUT2D eigenvalue weighted by Crippen LogP contribution is -2.33. The summed E-state index contributed by atoms with van der Waals surface area (Å²) in [5.41, 5.74) is 3.45. The second-order valence-electron chi connectivity index (χ2n) is 7.06. The van der Waals surface area contributed by atoms with Crippen molar-refractivity contribution < 1.29 is 12.8 Å². The maximum absolute atomic E-state index is 13.5. The number of hydrogen-bond donors (Lipinski definition) is 1. The molecule has 3 aromatic heterocycles. The molecule has 0 aromatic carbocycles. The fourth-order valence-electron chi connectivity index (χ4n) is 3.35. The van der Waals surface area contributed by atoms with Gasteiger partial charge in [0.25, 0.3) is 0 Å². The maximum atomic E-state index is 13.5. The van der Waals surface area contributed by atoms with Crippen molar-refractivity contribution in [2.75, 3.05) is 0 Å². The van der Waals surface area contributed by atoms with Gasteiger partial charge in [-0.15, -0.1) is 0 Å². The molecular weight excluding hydrogens is 366 g/mol. The Balaban J connectivity index is 1.72. The monoisotopic (exact) mass is 389 g/mol. The van der Waals surface area contributed by atoms with Crippen LogP contribution in [0.3, 0.4) is 0 Å². The molecule has 0 amide bonds. The fraction of sp³-hybridized carbons (Fsp3) is 0.444. The van der Waals surface area contributed by atoms with Gasteiger partial charge in [-0.2, -0.15) is 14.5 Å². The highest BCUT2D eigenvalue weighted by Gasteiger charge is 2.40. The van der Waals surface area contributed by atoms with Crippen molar-refractivity contribution in [2.45, 2.75) is 51.1 Å². The molecule has 8 nitrogen and oxygen atoms in total. The first-order valence-electron chi connectivity index (χ1n) is 8.90. The van der Waals surface area contributed by atoms with Crippen LogP contribution in [0.25, 0.3) is 11.5 Å². The summed E-state index contributed by atoms with van der Waals surface area (Å²) in [6, 6.07) is 3.35. The van der Waals surface area contributed by atoms with E-state index in [1.54, 1.807) is 34.2 Å². The average molecular weight is 389 g/mol. The van der Waals surface area contributed by atoms with Crippen LogP contribution in [0, 0.1) is 20.8 Å². The van der Waals surface area contributed by atoms with E-state index in [-0.39, 0.29) is 10.9 Å². The molecule has 3 heterocycles. The first-order valence-corrected chi connectivity index (χ1v) is 10.3. The molecular formula is C18H23N5O3S. The summed E-state index contributed by atoms with van der Waals surface area (Å²) < 4.78 is 36.0. The van der Waals surface area contributed by atoms with Crippen molar-refractivity contribution in [1.82, 2.24) is 24.3 Å². The van der Waals surface area contributed by atoms with E-state index in [0.29, 0.717) is 23.8 Å². The average Bonchev–Trinajstić information content (AvgIpc) is 3.03. The Morgan fingerprint density at radius 1 is 1.33 bits per heavy atom. The quantitative estimate of drug-likeness (QED) is 0.699. The number of rotatable bonds is 6. The van der Waals surface area contributed by atoms with Gasteiger partial charge >= 0.3 is 0 Å². The Kier molecular flexibility index (Phi) is 4.23. The lowest BCUT2D eigenvalue weighted by molar-refractivity contribution is 0.395. The van der Waals surface area contributed by atoms with Crippen LogP contribution in [-0.4, -0.2) is 38.7 Å². The van der Waals surface area contributed by atoms with Crippen molar-refractivity contribution in [3.8, 4) is 11.5 Å². The van der Waals surface area contributed by atoms with Crippen molar-refractivity contribution in [3.05, 3.63) is 41.0 Å². The van der Waals surface area contributed by atoms with Crippen LogP contribution in [0.15, 0.2) is 27.6 Å². The molecule has 0 bridgehead atoms. The van der Waals surface area contributed by atoms with Crippen LogP contribution in [0.4, 0.5) is 0 Å². The third-order valence-corrected chi connectivity index (χ3v) is 7.16. The van der Waals surface area contributed by atoms with Crippen molar-refractivity contribution >= 4 is 10.0 Å². The Labute approximate surface area is 158 Å². The Bertz CT molecular complexity index is 1070. The van der Waals surface area contributed by atoms with E-state index >= 15 is 0 Å². The number of sulfonamides is 1. The van der Waals surface area contributed by atoms with Crippen LogP contribution in [0.2, 0.25) is 0 Å². The van der Waals surface area contributed by atoms with Crippen molar-refractivity contribution in [3.63, 3.8) is 0 Å². The topological polar surface area (TPSA) is 97.0 Å². The first kappa shape index (κ1) is 18.0. The highest BCUT2D eigenvalue weighted by molar-refractivity contribution is 7.89. The number of nitrogens with one attached hydrogen (secondary N) is 1. The third kappa shape index (κ3) is 3.10. The Morgan fingerprint density at radius 3 is 2.63 bits per heavy atom. The van der Waals surface area contributed by atoms with E-state index in [0.717, 1.165) is 29.8 Å². The second-order valence-corrected chi connectivity index (χ2v) is 8.91.